The average Bonchev–Trinajstić information content (AvgIpc) is 3.46. The van der Waals surface area contributed by atoms with E-state index in [2.05, 4.69) is 28.1 Å². The molecule has 4 aromatic rings. The van der Waals surface area contributed by atoms with E-state index in [0.29, 0.717) is 13.2 Å². The van der Waals surface area contributed by atoms with Crippen molar-refractivity contribution in [3.05, 3.63) is 102 Å². The van der Waals surface area contributed by atoms with Gasteiger partial charge in [-0.15, -0.1) is 0 Å². The van der Waals surface area contributed by atoms with Crippen LogP contribution < -0.4 is 4.74 Å². The van der Waals surface area contributed by atoms with E-state index in [9.17, 15) is 9.18 Å². The largest absolute Gasteiger partial charge is 0.492 e. The number of benzene rings is 3. The summed E-state index contributed by atoms with van der Waals surface area (Å²) in [6.07, 6.45) is 8.14. The number of carbonyl (C=O) groups excluding carboxylic acids is 1. The molecule has 1 saturated heterocycles. The normalized spacial score (nSPS) is 18.5. The van der Waals surface area contributed by atoms with E-state index in [1.807, 2.05) is 53.6 Å². The predicted molar refractivity (Wildman–Crippen MR) is 157 cm³/mol. The summed E-state index contributed by atoms with van der Waals surface area (Å²) >= 11 is 0. The number of fused-ring (bicyclic) bond motifs is 2. The summed E-state index contributed by atoms with van der Waals surface area (Å²) in [6.45, 7) is 4.20. The van der Waals surface area contributed by atoms with Gasteiger partial charge in [-0.25, -0.2) is 4.39 Å². The number of piperidine rings is 1. The van der Waals surface area contributed by atoms with Gasteiger partial charge >= 0.3 is 0 Å². The van der Waals surface area contributed by atoms with Gasteiger partial charge in [-0.3, -0.25) is 9.69 Å². The highest BCUT2D eigenvalue weighted by molar-refractivity contribution is 6.06. The zero-order chi connectivity index (χ0) is 27.4. The van der Waals surface area contributed by atoms with Crippen molar-refractivity contribution in [3.63, 3.8) is 0 Å². The Labute approximate surface area is 235 Å². The Bertz CT molecular complexity index is 1460. The summed E-state index contributed by atoms with van der Waals surface area (Å²) in [5.41, 5.74) is 3.83. The number of hydrogen-bond donors (Lipinski definition) is 1. The number of nitrogens with one attached hydrogen (secondary N) is 1. The molecule has 208 valence electrons. The first-order valence-corrected chi connectivity index (χ1v) is 14.6. The Kier molecular flexibility index (Phi) is 7.87. The quantitative estimate of drug-likeness (QED) is 0.310. The van der Waals surface area contributed by atoms with E-state index < -0.39 is 0 Å². The molecule has 6 heteroatoms. The number of amides is 1. The van der Waals surface area contributed by atoms with Gasteiger partial charge in [-0.2, -0.15) is 0 Å². The van der Waals surface area contributed by atoms with Gasteiger partial charge in [0.25, 0.3) is 5.91 Å². The zero-order valence-electron chi connectivity index (χ0n) is 23.1. The van der Waals surface area contributed by atoms with E-state index >= 15 is 0 Å². The monoisotopic (exact) mass is 539 g/mol. The average molecular weight is 540 g/mol. The van der Waals surface area contributed by atoms with Crippen LogP contribution in [0.2, 0.25) is 0 Å². The van der Waals surface area contributed by atoms with E-state index in [-0.39, 0.29) is 17.1 Å². The van der Waals surface area contributed by atoms with Gasteiger partial charge < -0.3 is 14.6 Å². The molecule has 6 rings (SSSR count). The number of H-pyrrole nitrogens is 1. The number of aromatic nitrogens is 1. The maximum absolute atomic E-state index is 14.7. The molecular weight excluding hydrogens is 501 g/mol. The number of likely N-dealkylation sites (tertiary alicyclic amines) is 1. The van der Waals surface area contributed by atoms with Crippen molar-refractivity contribution in [2.75, 3.05) is 32.8 Å². The molecule has 0 unspecified atom stereocenters. The van der Waals surface area contributed by atoms with Crippen LogP contribution in [0.3, 0.4) is 0 Å². The Hall–Kier alpha value is -3.64. The molecule has 0 bridgehead atoms. The van der Waals surface area contributed by atoms with Crippen molar-refractivity contribution in [3.8, 4) is 5.75 Å². The summed E-state index contributed by atoms with van der Waals surface area (Å²) in [5, 5.41) is 0.982. The second kappa shape index (κ2) is 11.8. The van der Waals surface area contributed by atoms with Gasteiger partial charge in [0, 0.05) is 61.0 Å². The molecule has 2 aliphatic rings. The van der Waals surface area contributed by atoms with Gasteiger partial charge in [-0.05, 0) is 73.4 Å². The number of rotatable bonds is 3. The molecule has 0 atom stereocenters. The lowest BCUT2D eigenvalue weighted by Crippen LogP contribution is -2.48. The second-order valence-corrected chi connectivity index (χ2v) is 11.5. The van der Waals surface area contributed by atoms with E-state index in [1.165, 1.54) is 5.56 Å². The maximum atomic E-state index is 14.7. The van der Waals surface area contributed by atoms with Crippen molar-refractivity contribution in [2.45, 2.75) is 45.1 Å². The third-order valence-corrected chi connectivity index (χ3v) is 8.89. The van der Waals surface area contributed by atoms with Gasteiger partial charge in [0.1, 0.15) is 18.2 Å². The molecule has 3 heterocycles. The van der Waals surface area contributed by atoms with Crippen LogP contribution in [0.4, 0.5) is 4.39 Å². The molecule has 0 radical (unpaired) electrons. The van der Waals surface area contributed by atoms with Crippen molar-refractivity contribution < 1.29 is 13.9 Å². The Morgan fingerprint density at radius 2 is 1.73 bits per heavy atom. The molecule has 5 nitrogen and oxygen atoms in total. The lowest BCUT2D eigenvalue weighted by atomic mass is 9.73. The Morgan fingerprint density at radius 3 is 2.60 bits per heavy atom. The SMILES string of the molecule is O=C(c1cccc2[nH]ccc12)N1CCC2(CCCCc3ccccc3OCCN(Cc3ccccc3F)C2)CC1. The summed E-state index contributed by atoms with van der Waals surface area (Å²) in [7, 11) is 0. The minimum absolute atomic E-state index is 0.0842. The molecule has 40 heavy (non-hydrogen) atoms. The van der Waals surface area contributed by atoms with E-state index in [4.69, 9.17) is 4.74 Å². The van der Waals surface area contributed by atoms with Crippen LogP contribution in [-0.4, -0.2) is 53.5 Å². The molecule has 1 aromatic heterocycles. The number of hydrogen-bond acceptors (Lipinski definition) is 3. The fourth-order valence-corrected chi connectivity index (χ4v) is 6.62. The minimum atomic E-state index is -0.159. The molecule has 1 spiro atoms. The predicted octanol–water partition coefficient (Wildman–Crippen LogP) is 6.84. The number of carbonyl (C=O) groups is 1. The lowest BCUT2D eigenvalue weighted by molar-refractivity contribution is 0.0360. The first kappa shape index (κ1) is 26.6. The summed E-state index contributed by atoms with van der Waals surface area (Å²) < 4.78 is 21.0. The summed E-state index contributed by atoms with van der Waals surface area (Å²) in [6, 6.07) is 23.3. The van der Waals surface area contributed by atoms with Crippen LogP contribution >= 0.6 is 0 Å². The molecule has 2 aliphatic heterocycles. The summed E-state index contributed by atoms with van der Waals surface area (Å²) in [5.74, 6) is 0.919. The third kappa shape index (κ3) is 5.78. The standard InChI is InChI=1S/C34H38FN3O2/c35-30-12-3-1-10-27(30)24-37-22-23-40-32-14-4-2-8-26(32)9-5-6-16-34(25-37)17-20-38(21-18-34)33(39)29-11-7-13-31-28(29)15-19-36-31/h1-4,7-8,10-15,19,36H,5-6,9,16-18,20-25H2. The smallest absolute Gasteiger partial charge is 0.254 e. The number of ether oxygens (including phenoxy) is 1. The molecule has 0 saturated carbocycles. The zero-order valence-corrected chi connectivity index (χ0v) is 23.1. The van der Waals surface area contributed by atoms with Crippen LogP contribution in [0.1, 0.15) is 53.6 Å². The molecule has 1 N–H and O–H groups in total. The highest BCUT2D eigenvalue weighted by atomic mass is 19.1. The topological polar surface area (TPSA) is 48.6 Å². The van der Waals surface area contributed by atoms with Crippen LogP contribution in [-0.2, 0) is 13.0 Å². The fraction of sp³-hybridized carbons (Fsp3) is 0.382. The van der Waals surface area contributed by atoms with Crippen LogP contribution in [0.15, 0.2) is 79.0 Å². The highest BCUT2D eigenvalue weighted by Gasteiger charge is 2.37. The molecule has 1 amide bonds. The second-order valence-electron chi connectivity index (χ2n) is 11.5. The van der Waals surface area contributed by atoms with Gasteiger partial charge in [-0.1, -0.05) is 48.9 Å². The van der Waals surface area contributed by atoms with Crippen LogP contribution in [0.25, 0.3) is 10.9 Å². The van der Waals surface area contributed by atoms with Gasteiger partial charge in [0.2, 0.25) is 0 Å². The third-order valence-electron chi connectivity index (χ3n) is 8.89. The van der Waals surface area contributed by atoms with Crippen molar-refractivity contribution in [1.29, 1.82) is 0 Å². The van der Waals surface area contributed by atoms with E-state index in [1.54, 1.807) is 12.1 Å². The van der Waals surface area contributed by atoms with Crippen molar-refractivity contribution in [1.82, 2.24) is 14.8 Å². The van der Waals surface area contributed by atoms with E-state index in [0.717, 1.165) is 92.5 Å². The molecular formula is C34H38FN3O2. The Morgan fingerprint density at radius 1 is 0.900 bits per heavy atom. The van der Waals surface area contributed by atoms with Gasteiger partial charge in [0.05, 0.1) is 0 Å². The number of nitrogens with zero attached hydrogens (tertiary/aromatic N) is 2. The van der Waals surface area contributed by atoms with Crippen molar-refractivity contribution >= 4 is 16.8 Å². The first-order chi connectivity index (χ1) is 19.6. The molecule has 0 aliphatic carbocycles. The summed E-state index contributed by atoms with van der Waals surface area (Å²) in [4.78, 5) is 21.2. The molecule has 1 fully saturated rings. The maximum Gasteiger partial charge on any atom is 0.254 e. The number of aryl methyl sites for hydroxylation is 1. The number of halogens is 1. The number of aromatic amines is 1. The number of para-hydroxylation sites is 1. The Balaban J connectivity index is 1.21. The van der Waals surface area contributed by atoms with Crippen LogP contribution in [0, 0.1) is 11.2 Å². The highest BCUT2D eigenvalue weighted by Crippen LogP contribution is 2.39. The van der Waals surface area contributed by atoms with Crippen LogP contribution in [0.5, 0.6) is 5.75 Å². The fourth-order valence-electron chi connectivity index (χ4n) is 6.62. The minimum Gasteiger partial charge on any atom is -0.492 e. The first-order valence-electron chi connectivity index (χ1n) is 14.6. The lowest BCUT2D eigenvalue weighted by Gasteiger charge is -2.45. The van der Waals surface area contributed by atoms with Gasteiger partial charge in [0.15, 0.2) is 0 Å². The molecule has 3 aromatic carbocycles. The van der Waals surface area contributed by atoms with Crippen molar-refractivity contribution in [2.24, 2.45) is 5.41 Å².